The average Bonchev–Trinajstić information content (AvgIpc) is 3.73. The molecule has 8 heteroatoms. The Labute approximate surface area is 324 Å². The number of nitrogens with zero attached hydrogens (tertiary/aromatic N) is 3. The Morgan fingerprint density at radius 1 is 0.464 bits per heavy atom. The van der Waals surface area contributed by atoms with Crippen LogP contribution in [0.5, 0.6) is 0 Å². The normalized spacial score (nSPS) is 11.5. The van der Waals surface area contributed by atoms with E-state index >= 15 is 0 Å². The molecular weight excluding hydrogens is 699 g/mol. The molecule has 8 nitrogen and oxygen atoms in total. The first-order valence-corrected chi connectivity index (χ1v) is 18.6. The average molecular weight is 740 g/mol. The second kappa shape index (κ2) is 15.8. The highest BCUT2D eigenvalue weighted by Crippen LogP contribution is 2.33. The van der Waals surface area contributed by atoms with Gasteiger partial charge in [-0.3, -0.25) is 14.4 Å². The van der Waals surface area contributed by atoms with Gasteiger partial charge in [-0.2, -0.15) is 0 Å². The molecule has 278 valence electrons. The van der Waals surface area contributed by atoms with Crippen molar-refractivity contribution in [2.45, 2.75) is 47.7 Å². The van der Waals surface area contributed by atoms with Crippen LogP contribution in [0.1, 0.15) is 82.4 Å². The van der Waals surface area contributed by atoms with Crippen LogP contribution in [0.4, 0.5) is 0 Å². The number of carbonyl (C=O) groups excluding carboxylic acids is 4. The van der Waals surface area contributed by atoms with Crippen molar-refractivity contribution in [2.75, 3.05) is 0 Å². The van der Waals surface area contributed by atoms with Gasteiger partial charge >= 0.3 is 5.97 Å². The fourth-order valence-corrected chi connectivity index (χ4v) is 7.31. The highest BCUT2D eigenvalue weighted by Gasteiger charge is 2.17. The Morgan fingerprint density at radius 3 is 1.20 bits per heavy atom. The maximum atomic E-state index is 13.0. The molecule has 0 aliphatic heterocycles. The Bertz CT molecular complexity index is 2850. The number of benzene rings is 6. The maximum Gasteiger partial charge on any atom is 0.331 e. The van der Waals surface area contributed by atoms with Crippen LogP contribution < -0.4 is 0 Å². The van der Waals surface area contributed by atoms with Crippen molar-refractivity contribution in [1.82, 2.24) is 9.13 Å². The summed E-state index contributed by atoms with van der Waals surface area (Å²) >= 11 is 0. The summed E-state index contributed by atoms with van der Waals surface area (Å²) in [4.78, 5) is 53.4. The Balaban J connectivity index is 0.000000173. The molecule has 0 aliphatic carbocycles. The van der Waals surface area contributed by atoms with Gasteiger partial charge in [0.25, 0.3) is 0 Å². The van der Waals surface area contributed by atoms with Crippen molar-refractivity contribution in [3.63, 3.8) is 0 Å². The molecule has 0 saturated carbocycles. The number of hydrogen-bond acceptors (Lipinski definition) is 6. The second-order valence-corrected chi connectivity index (χ2v) is 13.6. The molecule has 0 bridgehead atoms. The lowest BCUT2D eigenvalue weighted by molar-refractivity contribution is -0.140. The molecule has 2 aromatic heterocycles. The number of hydrogen-bond donors (Lipinski definition) is 0. The van der Waals surface area contributed by atoms with E-state index < -0.39 is 5.97 Å². The van der Waals surface area contributed by atoms with E-state index in [1.54, 1.807) is 13.8 Å². The number of Topliss-reactive ketones (excluding diaryl/α,β-unsaturated/α-hetero) is 1. The zero-order chi connectivity index (χ0) is 39.5. The molecule has 0 radical (unpaired) electrons. The van der Waals surface area contributed by atoms with Gasteiger partial charge in [0.1, 0.15) is 0 Å². The first-order valence-electron chi connectivity index (χ1n) is 18.6. The summed E-state index contributed by atoms with van der Waals surface area (Å²) in [7, 11) is 0. The van der Waals surface area contributed by atoms with Crippen LogP contribution >= 0.6 is 0 Å². The number of rotatable bonds is 9. The summed E-state index contributed by atoms with van der Waals surface area (Å²) in [6, 6.07) is 42.1. The van der Waals surface area contributed by atoms with Gasteiger partial charge in [0.15, 0.2) is 17.3 Å². The van der Waals surface area contributed by atoms with Crippen LogP contribution in [0.3, 0.4) is 0 Å². The van der Waals surface area contributed by atoms with Crippen molar-refractivity contribution in [3.05, 3.63) is 167 Å². The monoisotopic (exact) mass is 739 g/mol. The third kappa shape index (κ3) is 7.17. The summed E-state index contributed by atoms with van der Waals surface area (Å²) in [5.74, 6) is -0.408. The summed E-state index contributed by atoms with van der Waals surface area (Å²) in [6.07, 6.45) is 0. The van der Waals surface area contributed by atoms with Crippen LogP contribution in [-0.4, -0.2) is 38.2 Å². The topological polar surface area (TPSA) is 99.7 Å². The van der Waals surface area contributed by atoms with E-state index in [1.165, 1.54) is 6.92 Å². The van der Waals surface area contributed by atoms with Crippen molar-refractivity contribution >= 4 is 72.6 Å². The van der Waals surface area contributed by atoms with Crippen LogP contribution in [0.25, 0.3) is 43.6 Å². The van der Waals surface area contributed by atoms with Crippen LogP contribution in [0.2, 0.25) is 0 Å². The van der Waals surface area contributed by atoms with Crippen LogP contribution in [-0.2, 0) is 22.7 Å². The smallest absolute Gasteiger partial charge is 0.331 e. The third-order valence-corrected chi connectivity index (χ3v) is 10.1. The van der Waals surface area contributed by atoms with Gasteiger partial charge < -0.3 is 14.0 Å². The molecule has 0 atom stereocenters. The van der Waals surface area contributed by atoms with Gasteiger partial charge in [-0.25, -0.2) is 4.79 Å². The molecule has 0 saturated heterocycles. The number of aryl methyl sites for hydroxylation is 2. The minimum atomic E-state index is -0.456. The predicted octanol–water partition coefficient (Wildman–Crippen LogP) is 10.6. The summed E-state index contributed by atoms with van der Waals surface area (Å²) in [5, 5.41) is 7.96. The number of carbonyl (C=O) groups is 4. The highest BCUT2D eigenvalue weighted by atomic mass is 16.7. The lowest BCUT2D eigenvalue weighted by atomic mass is 10.0. The van der Waals surface area contributed by atoms with Gasteiger partial charge in [0, 0.05) is 91.4 Å². The highest BCUT2D eigenvalue weighted by molar-refractivity contribution is 6.17. The van der Waals surface area contributed by atoms with Gasteiger partial charge in [-0.15, -0.1) is 0 Å². The number of ketones is 3. The largest absolute Gasteiger partial charge is 0.341 e. The molecule has 0 fully saturated rings. The molecule has 2 heterocycles. The Hall–Kier alpha value is -6.93. The van der Waals surface area contributed by atoms with Gasteiger partial charge in [-0.1, -0.05) is 71.9 Å². The molecule has 0 unspecified atom stereocenters. The molecule has 56 heavy (non-hydrogen) atoms. The van der Waals surface area contributed by atoms with Crippen LogP contribution in [0.15, 0.2) is 139 Å². The van der Waals surface area contributed by atoms with Crippen molar-refractivity contribution in [3.8, 4) is 0 Å². The zero-order valence-corrected chi connectivity index (χ0v) is 32.0. The zero-order valence-electron chi connectivity index (χ0n) is 32.0. The van der Waals surface area contributed by atoms with Crippen molar-refractivity contribution < 1.29 is 24.0 Å². The van der Waals surface area contributed by atoms with Crippen molar-refractivity contribution in [1.29, 1.82) is 0 Å². The summed E-state index contributed by atoms with van der Waals surface area (Å²) < 4.78 is 4.44. The molecule has 8 aromatic rings. The Morgan fingerprint density at radius 2 is 0.821 bits per heavy atom. The minimum absolute atomic E-state index is 0.00125. The quantitative estimate of drug-likeness (QED) is 0.0635. The van der Waals surface area contributed by atoms with E-state index in [2.05, 4.69) is 28.1 Å². The molecule has 6 aromatic carbocycles. The van der Waals surface area contributed by atoms with Gasteiger partial charge in [0.2, 0.25) is 0 Å². The molecule has 0 N–H and O–H groups in total. The fraction of sp³-hybridized carbons (Fsp3) is 0.146. The van der Waals surface area contributed by atoms with E-state index in [0.717, 1.165) is 62.3 Å². The van der Waals surface area contributed by atoms with E-state index in [4.69, 9.17) is 4.84 Å². The number of fused-ring (bicyclic) bond motifs is 6. The molecule has 8 rings (SSSR count). The molecule has 0 spiro atoms. The SMILES string of the molecule is CCn1c2ccc(C(=O)c3ccccc3)cc2c2cc(C(C)=NOC(C)=O)ccc21.CCn1c2ccc(C(C)=O)cc2c2cc(C(=O)c3ccccc3)ccc21. The van der Waals surface area contributed by atoms with Gasteiger partial charge in [0.05, 0.1) is 5.71 Å². The fourth-order valence-electron chi connectivity index (χ4n) is 7.31. The van der Waals surface area contributed by atoms with E-state index in [1.807, 2.05) is 133 Å². The molecule has 0 aliphatic rings. The first kappa shape index (κ1) is 37.4. The third-order valence-electron chi connectivity index (χ3n) is 10.1. The lowest BCUT2D eigenvalue weighted by Crippen LogP contribution is -2.01. The van der Waals surface area contributed by atoms with Crippen molar-refractivity contribution in [2.24, 2.45) is 5.16 Å². The van der Waals surface area contributed by atoms with Gasteiger partial charge in [-0.05, 0) is 100.0 Å². The number of aromatic nitrogens is 2. The van der Waals surface area contributed by atoms with Crippen LogP contribution in [0, 0.1) is 0 Å². The molecular formula is C48H41N3O5. The Kier molecular flexibility index (Phi) is 10.6. The first-order chi connectivity index (χ1) is 27.1. The second-order valence-electron chi connectivity index (χ2n) is 13.6. The summed E-state index contributed by atoms with van der Waals surface area (Å²) in [6.45, 7) is 10.5. The minimum Gasteiger partial charge on any atom is -0.341 e. The van der Waals surface area contributed by atoms with E-state index in [-0.39, 0.29) is 17.3 Å². The maximum absolute atomic E-state index is 13.0. The lowest BCUT2D eigenvalue weighted by Gasteiger charge is -2.04. The predicted molar refractivity (Wildman–Crippen MR) is 224 cm³/mol. The standard InChI is InChI=1S/C25H22N2O3.C23H19NO2/c1-4-27-23-12-10-19(16(2)26-30-17(3)28)14-21(23)22-15-20(11-13-24(22)27)25(29)18-8-6-5-7-9-18;1-3-24-21-11-9-17(15(2)25)13-19(21)20-14-18(10-12-22(20)24)23(26)16-7-5-4-6-8-16/h5-15H,4H2,1-3H3;4-14H,3H2,1-2H3. The number of oxime groups is 1. The summed E-state index contributed by atoms with van der Waals surface area (Å²) in [5.41, 5.74) is 9.13. The van der Waals surface area contributed by atoms with E-state index in [0.29, 0.717) is 33.5 Å². The molecule has 0 amide bonds. The van der Waals surface area contributed by atoms with E-state index in [9.17, 15) is 19.2 Å².